The van der Waals surface area contributed by atoms with Gasteiger partial charge in [-0.15, -0.1) is 0 Å². The van der Waals surface area contributed by atoms with Gasteiger partial charge in [0, 0.05) is 42.2 Å². The monoisotopic (exact) mass is 339 g/mol. The molecule has 0 radical (unpaired) electrons. The summed E-state index contributed by atoms with van der Waals surface area (Å²) >= 11 is 0. The number of rotatable bonds is 1. The summed E-state index contributed by atoms with van der Waals surface area (Å²) in [7, 11) is 0. The topological polar surface area (TPSA) is 20.8 Å². The van der Waals surface area contributed by atoms with E-state index in [9.17, 15) is 0 Å². The minimum Gasteiger partial charge on any atom is -0.393 e. The normalized spacial score (nSPS) is 18.4. The number of halogens is 2. The lowest BCUT2D eigenvalue weighted by molar-refractivity contribution is -0.363. The Kier molecular flexibility index (Phi) is 3.20. The first-order valence-electron chi connectivity index (χ1n) is 8.42. The smallest absolute Gasteiger partial charge is 0.393 e. The largest absolute Gasteiger partial charge is 0.737 e. The van der Waals surface area contributed by atoms with Gasteiger partial charge in [0.1, 0.15) is 5.71 Å². The van der Waals surface area contributed by atoms with Crippen molar-refractivity contribution in [2.75, 3.05) is 0 Å². The molecule has 6 heteroatoms. The summed E-state index contributed by atoms with van der Waals surface area (Å²) in [5.41, 5.74) is 6.79. The Morgan fingerprint density at radius 2 is 1.76 bits per heavy atom. The molecule has 3 nitrogen and oxygen atoms in total. The zero-order chi connectivity index (χ0) is 18.1. The second kappa shape index (κ2) is 5.00. The molecule has 4 rings (SSSR count). The van der Waals surface area contributed by atoms with E-state index in [1.54, 1.807) is 26.2 Å². The summed E-state index contributed by atoms with van der Waals surface area (Å²) in [6.45, 7) is 5.33. The van der Waals surface area contributed by atoms with Crippen molar-refractivity contribution in [3.8, 4) is 0 Å². The van der Waals surface area contributed by atoms with Crippen LogP contribution < -0.4 is 0 Å². The molecule has 0 aromatic carbocycles. The van der Waals surface area contributed by atoms with E-state index in [0.717, 1.165) is 27.8 Å². The molecule has 0 fully saturated rings. The zero-order valence-electron chi connectivity index (χ0n) is 15.1. The van der Waals surface area contributed by atoms with Crippen molar-refractivity contribution in [3.05, 3.63) is 70.0 Å². The molecule has 0 spiro atoms. The summed E-state index contributed by atoms with van der Waals surface area (Å²) < 4.78 is 33.4. The maximum atomic E-state index is 15.5. The molecule has 4 heterocycles. The Morgan fingerprint density at radius 1 is 1.04 bits per heavy atom. The van der Waals surface area contributed by atoms with Crippen molar-refractivity contribution < 1.29 is 13.1 Å². The van der Waals surface area contributed by atoms with Gasteiger partial charge < -0.3 is 17.6 Å². The number of aromatic nitrogens is 2. The van der Waals surface area contributed by atoms with Crippen LogP contribution in [0.4, 0.5) is 8.63 Å². The lowest BCUT2D eigenvalue weighted by Gasteiger charge is -2.34. The highest BCUT2D eigenvalue weighted by Gasteiger charge is 2.55. The quantitative estimate of drug-likeness (QED) is 0.712. The minimum atomic E-state index is -3.92. The van der Waals surface area contributed by atoms with Crippen LogP contribution in [0.15, 0.2) is 41.9 Å². The van der Waals surface area contributed by atoms with E-state index < -0.39 is 6.97 Å². The summed E-state index contributed by atoms with van der Waals surface area (Å²) in [4.78, 5) is 4.29. The van der Waals surface area contributed by atoms with Crippen LogP contribution in [0.3, 0.4) is 0 Å². The Hall–Kier alpha value is -2.50. The summed E-state index contributed by atoms with van der Waals surface area (Å²) in [5.74, 6) is 0. The van der Waals surface area contributed by atoms with Crippen LogP contribution in [-0.2, 0) is 0 Å². The molecule has 0 bridgehead atoms. The van der Waals surface area contributed by atoms with Gasteiger partial charge in [-0.3, -0.25) is 4.98 Å². The highest BCUT2D eigenvalue weighted by atomic mass is 19.2. The third-order valence-corrected chi connectivity index (χ3v) is 5.10. The molecular formula is C19H20BF2N3. The number of fused-ring (bicyclic) bond motifs is 2. The van der Waals surface area contributed by atoms with Crippen molar-refractivity contribution in [1.82, 2.24) is 9.46 Å². The Morgan fingerprint density at radius 3 is 2.44 bits per heavy atom. The van der Waals surface area contributed by atoms with E-state index in [1.807, 2.05) is 39.0 Å². The maximum absolute atomic E-state index is 15.5. The molecule has 2 aliphatic heterocycles. The summed E-state index contributed by atoms with van der Waals surface area (Å²) in [6.07, 6.45) is 5.38. The Bertz CT molecular complexity index is 1030. The first-order valence-corrected chi connectivity index (χ1v) is 8.42. The number of hydrogen-bond acceptors (Lipinski definition) is 1. The van der Waals surface area contributed by atoms with Gasteiger partial charge in [-0.05, 0) is 56.6 Å². The highest BCUT2D eigenvalue weighted by Crippen LogP contribution is 2.43. The number of aryl methyl sites for hydroxylation is 3. The molecule has 128 valence electrons. The lowest BCUT2D eigenvalue weighted by Crippen LogP contribution is -2.51. The molecule has 0 saturated carbocycles. The van der Waals surface area contributed by atoms with Crippen molar-refractivity contribution >= 4 is 18.3 Å². The lowest BCUT2D eigenvalue weighted by atomic mass is 9.84. The van der Waals surface area contributed by atoms with Crippen LogP contribution >= 0.6 is 0 Å². The molecule has 0 saturated heterocycles. The molecule has 0 atom stereocenters. The summed E-state index contributed by atoms with van der Waals surface area (Å²) in [6, 6.07) is 3.85. The zero-order valence-corrected chi connectivity index (χ0v) is 15.1. The van der Waals surface area contributed by atoms with Crippen LogP contribution in [0.1, 0.15) is 41.9 Å². The standard InChI is InChI=1S/C19H20BF2N3/c1-11-6-16(10-23-9-11)17-18-12(2)7-14(4)24(18)20(21,22)25-15(5)8-13(3)19(17)25/h6-10H,1-5H3. The molecule has 0 aliphatic carbocycles. The van der Waals surface area contributed by atoms with E-state index >= 15 is 8.63 Å². The number of hydrogen-bond donors (Lipinski definition) is 0. The molecule has 0 unspecified atom stereocenters. The average molecular weight is 339 g/mol. The van der Waals surface area contributed by atoms with E-state index in [0.29, 0.717) is 22.8 Å². The van der Waals surface area contributed by atoms with Gasteiger partial charge in [0.15, 0.2) is 5.70 Å². The van der Waals surface area contributed by atoms with Gasteiger partial charge in [0.05, 0.1) is 5.57 Å². The SMILES string of the molecule is CC1=CC(C)=[N+]2C1=C(c1cncc(C)c1)c1c(C)cc(C)n1[B-]2(F)F. The van der Waals surface area contributed by atoms with Gasteiger partial charge >= 0.3 is 6.97 Å². The second-order valence-corrected chi connectivity index (χ2v) is 7.09. The third-order valence-electron chi connectivity index (χ3n) is 5.10. The predicted octanol–water partition coefficient (Wildman–Crippen LogP) is 4.24. The predicted molar refractivity (Wildman–Crippen MR) is 97.0 cm³/mol. The van der Waals surface area contributed by atoms with Gasteiger partial charge in [0.25, 0.3) is 0 Å². The fourth-order valence-corrected chi connectivity index (χ4v) is 4.26. The van der Waals surface area contributed by atoms with Crippen LogP contribution in [0.25, 0.3) is 5.57 Å². The van der Waals surface area contributed by atoms with Crippen molar-refractivity contribution in [2.45, 2.75) is 34.6 Å². The van der Waals surface area contributed by atoms with E-state index in [2.05, 4.69) is 4.98 Å². The van der Waals surface area contributed by atoms with E-state index in [1.165, 1.54) is 8.96 Å². The fraction of sp³-hybridized carbons (Fsp3) is 0.263. The maximum Gasteiger partial charge on any atom is 0.737 e. The third kappa shape index (κ3) is 2.03. The van der Waals surface area contributed by atoms with Crippen LogP contribution in [-0.4, -0.2) is 26.6 Å². The van der Waals surface area contributed by atoms with E-state index in [-0.39, 0.29) is 0 Å². The van der Waals surface area contributed by atoms with Crippen molar-refractivity contribution in [1.29, 1.82) is 0 Å². The molecule has 0 N–H and O–H groups in total. The highest BCUT2D eigenvalue weighted by molar-refractivity contribution is 6.58. The Balaban J connectivity index is 2.19. The van der Waals surface area contributed by atoms with Crippen LogP contribution in [0, 0.1) is 20.8 Å². The first kappa shape index (κ1) is 16.0. The molecule has 2 aromatic heterocycles. The average Bonchev–Trinajstić information content (AvgIpc) is 2.97. The van der Waals surface area contributed by atoms with Crippen LogP contribution in [0.2, 0.25) is 0 Å². The van der Waals surface area contributed by atoms with Gasteiger partial charge in [-0.2, -0.15) is 0 Å². The first-order chi connectivity index (χ1) is 11.7. The minimum absolute atomic E-state index is 0.576. The fourth-order valence-electron chi connectivity index (χ4n) is 4.26. The van der Waals surface area contributed by atoms with Crippen molar-refractivity contribution in [3.63, 3.8) is 0 Å². The van der Waals surface area contributed by atoms with Gasteiger partial charge in [0.2, 0.25) is 0 Å². The molecule has 0 amide bonds. The summed E-state index contributed by atoms with van der Waals surface area (Å²) in [5, 5.41) is 0. The van der Waals surface area contributed by atoms with E-state index in [4.69, 9.17) is 0 Å². The Labute approximate surface area is 146 Å². The molecule has 2 aliphatic rings. The number of nitrogens with zero attached hydrogens (tertiary/aromatic N) is 3. The van der Waals surface area contributed by atoms with Gasteiger partial charge in [-0.1, -0.05) is 0 Å². The second-order valence-electron chi connectivity index (χ2n) is 7.09. The molecular weight excluding hydrogens is 319 g/mol. The molecule has 2 aromatic rings. The number of allylic oxidation sites excluding steroid dienone is 2. The van der Waals surface area contributed by atoms with Crippen LogP contribution in [0.5, 0.6) is 0 Å². The number of pyridine rings is 1. The van der Waals surface area contributed by atoms with Gasteiger partial charge in [-0.25, -0.2) is 0 Å². The van der Waals surface area contributed by atoms with Crippen molar-refractivity contribution in [2.24, 2.45) is 0 Å². The molecule has 25 heavy (non-hydrogen) atoms.